The Labute approximate surface area is 99.3 Å². The molecule has 0 saturated carbocycles. The second-order valence-electron chi connectivity index (χ2n) is 3.07. The van der Waals surface area contributed by atoms with Crippen LogP contribution in [0.4, 0.5) is 0 Å². The van der Waals surface area contributed by atoms with Gasteiger partial charge in [0.15, 0.2) is 0 Å². The molecule has 0 amide bonds. The highest BCUT2D eigenvalue weighted by atomic mass is 32.2. The first-order valence-electron chi connectivity index (χ1n) is 4.67. The molecule has 0 aliphatic heterocycles. The van der Waals surface area contributed by atoms with Crippen molar-refractivity contribution in [2.45, 2.75) is 9.79 Å². The molecule has 0 aliphatic rings. The third-order valence-corrected chi connectivity index (χ3v) is 3.37. The van der Waals surface area contributed by atoms with Crippen molar-refractivity contribution < 1.29 is 0 Å². The zero-order valence-corrected chi connectivity index (χ0v) is 9.72. The van der Waals surface area contributed by atoms with E-state index in [2.05, 4.69) is 18.2 Å². The number of thiocarbonyl (C=S) groups is 1. The van der Waals surface area contributed by atoms with Crippen LogP contribution in [0.5, 0.6) is 0 Å². The fraction of sp³-hybridized carbons (Fsp3) is 0. The zero-order valence-electron chi connectivity index (χ0n) is 8.09. The smallest absolute Gasteiger partial charge is 0.0203 e. The third kappa shape index (κ3) is 2.67. The summed E-state index contributed by atoms with van der Waals surface area (Å²) in [7, 11) is 0. The molecule has 0 saturated heterocycles. The molecule has 0 unspecified atom stereocenters. The standard InChI is InChI=1S/C13H10S2/c14-10-11-6-4-5-9-13(11)15-12-7-2-1-3-8-12/h1-10H. The number of benzene rings is 2. The van der Waals surface area contributed by atoms with Crippen molar-refractivity contribution in [3.63, 3.8) is 0 Å². The lowest BCUT2D eigenvalue weighted by molar-refractivity contribution is 1.40. The fourth-order valence-corrected chi connectivity index (χ4v) is 2.51. The summed E-state index contributed by atoms with van der Waals surface area (Å²) in [5.41, 5.74) is 1.11. The minimum absolute atomic E-state index is 1.11. The number of rotatable bonds is 3. The molecule has 2 aromatic carbocycles. The Kier molecular flexibility index (Phi) is 3.54. The maximum atomic E-state index is 4.98. The predicted molar refractivity (Wildman–Crippen MR) is 69.8 cm³/mol. The number of hydrogen-bond donors (Lipinski definition) is 0. The van der Waals surface area contributed by atoms with E-state index in [4.69, 9.17) is 12.2 Å². The van der Waals surface area contributed by atoms with Crippen molar-refractivity contribution in [3.8, 4) is 0 Å². The summed E-state index contributed by atoms with van der Waals surface area (Å²) in [4.78, 5) is 2.44. The summed E-state index contributed by atoms with van der Waals surface area (Å²) in [6.45, 7) is 0. The minimum atomic E-state index is 1.11. The van der Waals surface area contributed by atoms with E-state index in [1.165, 1.54) is 9.79 Å². The summed E-state index contributed by atoms with van der Waals surface area (Å²) in [5, 5.41) is 1.73. The maximum absolute atomic E-state index is 4.98. The van der Waals surface area contributed by atoms with E-state index in [-0.39, 0.29) is 0 Å². The normalized spacial score (nSPS) is 9.87. The Hall–Kier alpha value is -1.12. The van der Waals surface area contributed by atoms with Gasteiger partial charge in [0.05, 0.1) is 0 Å². The summed E-state index contributed by atoms with van der Waals surface area (Å²) in [6, 6.07) is 18.5. The molecule has 2 heteroatoms. The van der Waals surface area contributed by atoms with Crippen LogP contribution in [0.25, 0.3) is 0 Å². The highest BCUT2D eigenvalue weighted by Crippen LogP contribution is 2.29. The third-order valence-electron chi connectivity index (χ3n) is 2.02. The molecule has 2 rings (SSSR count). The molecule has 0 bridgehead atoms. The lowest BCUT2D eigenvalue weighted by atomic mass is 10.2. The largest absolute Gasteiger partial charge is 0.0894 e. The molecule has 2 aromatic rings. The molecule has 0 nitrogen and oxygen atoms in total. The summed E-state index contributed by atoms with van der Waals surface area (Å²) < 4.78 is 0. The quantitative estimate of drug-likeness (QED) is 0.725. The van der Waals surface area contributed by atoms with Gasteiger partial charge in [-0.3, -0.25) is 0 Å². The van der Waals surface area contributed by atoms with E-state index >= 15 is 0 Å². The molecule has 0 aromatic heterocycles. The zero-order chi connectivity index (χ0) is 10.5. The molecule has 0 fully saturated rings. The second-order valence-corrected chi connectivity index (χ2v) is 4.42. The Bertz CT molecular complexity index is 449. The van der Waals surface area contributed by atoms with Crippen LogP contribution in [-0.2, 0) is 0 Å². The minimum Gasteiger partial charge on any atom is -0.0894 e. The van der Waals surface area contributed by atoms with Gasteiger partial charge in [-0.2, -0.15) is 0 Å². The van der Waals surface area contributed by atoms with E-state index in [9.17, 15) is 0 Å². The number of hydrogen-bond acceptors (Lipinski definition) is 2. The molecule has 0 N–H and O–H groups in total. The Morgan fingerprint density at radius 3 is 2.27 bits per heavy atom. The van der Waals surface area contributed by atoms with Crippen LogP contribution in [0.15, 0.2) is 64.4 Å². The van der Waals surface area contributed by atoms with Crippen LogP contribution in [0, 0.1) is 0 Å². The van der Waals surface area contributed by atoms with Gasteiger partial charge in [0.2, 0.25) is 0 Å². The lowest BCUT2D eigenvalue weighted by Crippen LogP contribution is -1.82. The SMILES string of the molecule is S=Cc1ccccc1Sc1ccccc1. The molecule has 0 heterocycles. The topological polar surface area (TPSA) is 0 Å². The molecule has 0 aliphatic carbocycles. The molecule has 0 radical (unpaired) electrons. The van der Waals surface area contributed by atoms with Crippen molar-refractivity contribution in [1.82, 2.24) is 0 Å². The van der Waals surface area contributed by atoms with E-state index in [1.807, 2.05) is 36.4 Å². The second kappa shape index (κ2) is 5.10. The molecular weight excluding hydrogens is 220 g/mol. The van der Waals surface area contributed by atoms with Gasteiger partial charge in [0.25, 0.3) is 0 Å². The van der Waals surface area contributed by atoms with E-state index in [0.29, 0.717) is 0 Å². The average molecular weight is 230 g/mol. The van der Waals surface area contributed by atoms with E-state index in [0.717, 1.165) is 5.56 Å². The van der Waals surface area contributed by atoms with Crippen molar-refractivity contribution in [3.05, 3.63) is 60.2 Å². The van der Waals surface area contributed by atoms with Gasteiger partial charge in [-0.05, 0) is 23.8 Å². The first kappa shape index (κ1) is 10.4. The highest BCUT2D eigenvalue weighted by Gasteiger charge is 2.00. The van der Waals surface area contributed by atoms with Gasteiger partial charge in [0.1, 0.15) is 0 Å². The summed E-state index contributed by atoms with van der Waals surface area (Å²) in [5.74, 6) is 0. The monoisotopic (exact) mass is 230 g/mol. The van der Waals surface area contributed by atoms with Crippen molar-refractivity contribution in [2.75, 3.05) is 0 Å². The van der Waals surface area contributed by atoms with Gasteiger partial charge in [0, 0.05) is 15.2 Å². The predicted octanol–water partition coefficient (Wildman–Crippen LogP) is 4.19. The van der Waals surface area contributed by atoms with Crippen LogP contribution < -0.4 is 0 Å². The summed E-state index contributed by atoms with van der Waals surface area (Å²) >= 11 is 6.72. The Morgan fingerprint density at radius 2 is 1.53 bits per heavy atom. The Morgan fingerprint density at radius 1 is 0.867 bits per heavy atom. The van der Waals surface area contributed by atoms with Gasteiger partial charge >= 0.3 is 0 Å². The lowest BCUT2D eigenvalue weighted by Gasteiger charge is -2.04. The molecule has 0 atom stereocenters. The molecular formula is C13H10S2. The first-order chi connectivity index (χ1) is 7.40. The van der Waals surface area contributed by atoms with Crippen molar-refractivity contribution in [2.24, 2.45) is 0 Å². The summed E-state index contributed by atoms with van der Waals surface area (Å²) in [6.07, 6.45) is 0. The van der Waals surface area contributed by atoms with Crippen LogP contribution in [0.2, 0.25) is 0 Å². The van der Waals surface area contributed by atoms with Gasteiger partial charge in [-0.15, -0.1) is 0 Å². The molecule has 0 spiro atoms. The van der Waals surface area contributed by atoms with Crippen molar-refractivity contribution >= 4 is 29.3 Å². The maximum Gasteiger partial charge on any atom is 0.0203 e. The van der Waals surface area contributed by atoms with Crippen LogP contribution in [0.1, 0.15) is 5.56 Å². The van der Waals surface area contributed by atoms with Gasteiger partial charge < -0.3 is 0 Å². The van der Waals surface area contributed by atoms with E-state index < -0.39 is 0 Å². The first-order valence-corrected chi connectivity index (χ1v) is 5.96. The average Bonchev–Trinajstić information content (AvgIpc) is 2.31. The van der Waals surface area contributed by atoms with Crippen molar-refractivity contribution in [1.29, 1.82) is 0 Å². The Balaban J connectivity index is 2.28. The van der Waals surface area contributed by atoms with Crippen LogP contribution >= 0.6 is 24.0 Å². The van der Waals surface area contributed by atoms with Crippen LogP contribution in [-0.4, -0.2) is 5.37 Å². The molecule has 15 heavy (non-hydrogen) atoms. The fourth-order valence-electron chi connectivity index (χ4n) is 1.29. The van der Waals surface area contributed by atoms with Crippen LogP contribution in [0.3, 0.4) is 0 Å². The van der Waals surface area contributed by atoms with Gasteiger partial charge in [-0.25, -0.2) is 0 Å². The van der Waals surface area contributed by atoms with E-state index in [1.54, 1.807) is 17.1 Å². The molecule has 74 valence electrons. The highest BCUT2D eigenvalue weighted by molar-refractivity contribution is 7.99. The van der Waals surface area contributed by atoms with Gasteiger partial charge in [-0.1, -0.05) is 60.4 Å².